The molecule has 0 aliphatic heterocycles. The molecule has 3 nitrogen and oxygen atoms in total. The van der Waals surface area contributed by atoms with Gasteiger partial charge in [0.2, 0.25) is 0 Å². The van der Waals surface area contributed by atoms with Crippen LogP contribution < -0.4 is 0 Å². The maximum absolute atomic E-state index is 6.29. The number of hydrogen-bond donors (Lipinski definition) is 0. The summed E-state index contributed by atoms with van der Waals surface area (Å²) < 4.78 is 0. The largest absolute Gasteiger partial charge is 0.260 e. The first-order valence-corrected chi connectivity index (χ1v) is 7.55. The standard InChI is InChI=1S/C16H18ClN3/c1-3-5-13-19-14(10(2)16(17)20-13)12-8-7-11-6-4-9-18-15(11)12/h4,6,9,12H,3,5,7-8H2,1-2H3. The molecule has 0 radical (unpaired) electrons. The van der Waals surface area contributed by atoms with Crippen LogP contribution in [0, 0.1) is 6.92 Å². The average molecular weight is 288 g/mol. The Balaban J connectivity index is 2.07. The van der Waals surface area contributed by atoms with E-state index in [1.54, 1.807) is 0 Å². The first kappa shape index (κ1) is 13.5. The summed E-state index contributed by atoms with van der Waals surface area (Å²) in [5.41, 5.74) is 4.55. The van der Waals surface area contributed by atoms with Crippen LogP contribution in [-0.2, 0) is 12.8 Å². The van der Waals surface area contributed by atoms with Gasteiger partial charge in [-0.2, -0.15) is 0 Å². The smallest absolute Gasteiger partial charge is 0.135 e. The van der Waals surface area contributed by atoms with Crippen LogP contribution in [0.15, 0.2) is 18.3 Å². The van der Waals surface area contributed by atoms with E-state index in [0.717, 1.165) is 48.5 Å². The second-order valence-electron chi connectivity index (χ2n) is 5.33. The molecule has 2 heterocycles. The SMILES string of the molecule is CCCc1nc(Cl)c(C)c(C2CCc3cccnc32)n1. The molecule has 0 spiro atoms. The second kappa shape index (κ2) is 5.49. The van der Waals surface area contributed by atoms with Crippen LogP contribution in [0.4, 0.5) is 0 Å². The Labute approximate surface area is 124 Å². The van der Waals surface area contributed by atoms with Crippen LogP contribution in [0.2, 0.25) is 5.15 Å². The first-order chi connectivity index (χ1) is 9.70. The molecule has 1 atom stereocenters. The Hall–Kier alpha value is -1.48. The van der Waals surface area contributed by atoms with Gasteiger partial charge in [-0.25, -0.2) is 9.97 Å². The van der Waals surface area contributed by atoms with E-state index in [2.05, 4.69) is 23.0 Å². The van der Waals surface area contributed by atoms with Crippen molar-refractivity contribution in [3.63, 3.8) is 0 Å². The molecular formula is C16H18ClN3. The van der Waals surface area contributed by atoms with E-state index < -0.39 is 0 Å². The van der Waals surface area contributed by atoms with Crippen LogP contribution in [-0.4, -0.2) is 15.0 Å². The first-order valence-electron chi connectivity index (χ1n) is 7.17. The molecule has 1 aliphatic carbocycles. The van der Waals surface area contributed by atoms with Gasteiger partial charge in [0.25, 0.3) is 0 Å². The van der Waals surface area contributed by atoms with Crippen LogP contribution in [0.5, 0.6) is 0 Å². The van der Waals surface area contributed by atoms with Gasteiger partial charge in [0.15, 0.2) is 0 Å². The molecule has 104 valence electrons. The normalized spacial score (nSPS) is 17.2. The lowest BCUT2D eigenvalue weighted by Crippen LogP contribution is -2.09. The predicted octanol–water partition coefficient (Wildman–Crippen LogP) is 3.86. The highest BCUT2D eigenvalue weighted by atomic mass is 35.5. The van der Waals surface area contributed by atoms with Crippen molar-refractivity contribution in [1.82, 2.24) is 15.0 Å². The Morgan fingerprint density at radius 2 is 2.15 bits per heavy atom. The van der Waals surface area contributed by atoms with E-state index in [9.17, 15) is 0 Å². The summed E-state index contributed by atoms with van der Waals surface area (Å²) in [5, 5.41) is 0.586. The summed E-state index contributed by atoms with van der Waals surface area (Å²) in [5.74, 6) is 1.12. The number of aromatic nitrogens is 3. The Morgan fingerprint density at radius 3 is 2.95 bits per heavy atom. The van der Waals surface area contributed by atoms with Gasteiger partial charge in [0.1, 0.15) is 11.0 Å². The number of nitrogens with zero attached hydrogens (tertiary/aromatic N) is 3. The third-order valence-electron chi connectivity index (χ3n) is 3.93. The number of halogens is 1. The fourth-order valence-electron chi connectivity index (χ4n) is 2.90. The van der Waals surface area contributed by atoms with Gasteiger partial charge in [0, 0.05) is 24.1 Å². The van der Waals surface area contributed by atoms with Crippen LogP contribution in [0.1, 0.15) is 54.0 Å². The maximum Gasteiger partial charge on any atom is 0.135 e. The number of aryl methyl sites for hydroxylation is 2. The number of hydrogen-bond acceptors (Lipinski definition) is 3. The zero-order chi connectivity index (χ0) is 14.1. The summed E-state index contributed by atoms with van der Waals surface area (Å²) in [7, 11) is 0. The van der Waals surface area contributed by atoms with Gasteiger partial charge in [-0.1, -0.05) is 24.6 Å². The van der Waals surface area contributed by atoms with Gasteiger partial charge in [-0.3, -0.25) is 4.98 Å². The van der Waals surface area contributed by atoms with Gasteiger partial charge in [-0.15, -0.1) is 0 Å². The van der Waals surface area contributed by atoms with Gasteiger partial charge >= 0.3 is 0 Å². The van der Waals surface area contributed by atoms with Crippen LogP contribution >= 0.6 is 11.6 Å². The van der Waals surface area contributed by atoms with Crippen molar-refractivity contribution in [2.24, 2.45) is 0 Å². The van der Waals surface area contributed by atoms with E-state index in [1.165, 1.54) is 5.56 Å². The molecular weight excluding hydrogens is 270 g/mol. The van der Waals surface area contributed by atoms with E-state index in [4.69, 9.17) is 16.6 Å². The monoisotopic (exact) mass is 287 g/mol. The topological polar surface area (TPSA) is 38.7 Å². The van der Waals surface area contributed by atoms with E-state index in [1.807, 2.05) is 19.2 Å². The minimum absolute atomic E-state index is 0.266. The van der Waals surface area contributed by atoms with E-state index in [0.29, 0.717) is 5.15 Å². The molecule has 0 fully saturated rings. The molecule has 4 heteroatoms. The Morgan fingerprint density at radius 1 is 1.30 bits per heavy atom. The number of pyridine rings is 1. The third-order valence-corrected chi connectivity index (χ3v) is 4.30. The lowest BCUT2D eigenvalue weighted by atomic mass is 9.98. The molecule has 0 N–H and O–H groups in total. The van der Waals surface area contributed by atoms with Crippen LogP contribution in [0.3, 0.4) is 0 Å². The summed E-state index contributed by atoms with van der Waals surface area (Å²) in [6.45, 7) is 4.14. The van der Waals surface area contributed by atoms with Crippen molar-refractivity contribution in [3.8, 4) is 0 Å². The summed E-state index contributed by atoms with van der Waals surface area (Å²) in [4.78, 5) is 13.7. The van der Waals surface area contributed by atoms with Crippen molar-refractivity contribution >= 4 is 11.6 Å². The molecule has 0 bridgehead atoms. The average Bonchev–Trinajstić information content (AvgIpc) is 2.87. The summed E-state index contributed by atoms with van der Waals surface area (Å²) in [6, 6.07) is 4.16. The predicted molar refractivity (Wildman–Crippen MR) is 80.2 cm³/mol. The molecule has 2 aromatic heterocycles. The highest BCUT2D eigenvalue weighted by Crippen LogP contribution is 2.38. The third kappa shape index (κ3) is 2.31. The van der Waals surface area contributed by atoms with Gasteiger partial charge < -0.3 is 0 Å². The van der Waals surface area contributed by atoms with Crippen molar-refractivity contribution in [3.05, 3.63) is 51.8 Å². The molecule has 0 saturated carbocycles. The lowest BCUT2D eigenvalue weighted by molar-refractivity contribution is 0.713. The van der Waals surface area contributed by atoms with Crippen LogP contribution in [0.25, 0.3) is 0 Å². The lowest BCUT2D eigenvalue weighted by Gasteiger charge is -2.15. The Kier molecular flexibility index (Phi) is 3.70. The highest BCUT2D eigenvalue weighted by molar-refractivity contribution is 6.30. The summed E-state index contributed by atoms with van der Waals surface area (Å²) in [6.07, 6.45) is 5.89. The fourth-order valence-corrected chi connectivity index (χ4v) is 3.10. The molecule has 1 aliphatic rings. The molecule has 2 aromatic rings. The van der Waals surface area contributed by atoms with Crippen molar-refractivity contribution in [2.45, 2.75) is 45.4 Å². The second-order valence-corrected chi connectivity index (χ2v) is 5.69. The van der Waals surface area contributed by atoms with Crippen molar-refractivity contribution in [1.29, 1.82) is 0 Å². The molecule has 1 unspecified atom stereocenters. The van der Waals surface area contributed by atoms with Crippen molar-refractivity contribution < 1.29 is 0 Å². The molecule has 20 heavy (non-hydrogen) atoms. The molecule has 0 amide bonds. The zero-order valence-corrected chi connectivity index (χ0v) is 12.6. The zero-order valence-electron chi connectivity index (χ0n) is 11.9. The van der Waals surface area contributed by atoms with E-state index in [-0.39, 0.29) is 5.92 Å². The van der Waals surface area contributed by atoms with Crippen molar-refractivity contribution in [2.75, 3.05) is 0 Å². The van der Waals surface area contributed by atoms with Gasteiger partial charge in [-0.05, 0) is 37.8 Å². The van der Waals surface area contributed by atoms with E-state index >= 15 is 0 Å². The molecule has 3 rings (SSSR count). The highest BCUT2D eigenvalue weighted by Gasteiger charge is 2.28. The number of rotatable bonds is 3. The minimum Gasteiger partial charge on any atom is -0.260 e. The maximum atomic E-state index is 6.29. The number of fused-ring (bicyclic) bond motifs is 1. The fraction of sp³-hybridized carbons (Fsp3) is 0.438. The molecule has 0 aromatic carbocycles. The summed E-state index contributed by atoms with van der Waals surface area (Å²) >= 11 is 6.29. The quantitative estimate of drug-likeness (QED) is 0.805. The van der Waals surface area contributed by atoms with Gasteiger partial charge in [0.05, 0.1) is 11.4 Å². The Bertz CT molecular complexity index is 640. The molecule has 0 saturated heterocycles. The minimum atomic E-state index is 0.266.